The van der Waals surface area contributed by atoms with E-state index >= 15 is 0 Å². The molecule has 3 rings (SSSR count). The molecule has 0 aliphatic carbocycles. The fourth-order valence-electron chi connectivity index (χ4n) is 4.34. The van der Waals surface area contributed by atoms with Crippen LogP contribution in [0.4, 0.5) is 0 Å². The Morgan fingerprint density at radius 2 is 1.81 bits per heavy atom. The molecule has 0 aromatic carbocycles. The van der Waals surface area contributed by atoms with E-state index in [1.807, 2.05) is 13.8 Å². The lowest BCUT2D eigenvalue weighted by Crippen LogP contribution is -2.48. The van der Waals surface area contributed by atoms with Crippen molar-refractivity contribution >= 4 is 5.91 Å². The minimum absolute atomic E-state index is 0.0352. The molecule has 2 N–H and O–H groups in total. The summed E-state index contributed by atoms with van der Waals surface area (Å²) in [4.78, 5) is 32.0. The number of nitrogens with one attached hydrogen (secondary N) is 1. The Hall–Kier alpha value is -1.70. The minimum Gasteiger partial charge on any atom is -0.396 e. The van der Waals surface area contributed by atoms with E-state index in [0.717, 1.165) is 30.9 Å². The van der Waals surface area contributed by atoms with E-state index in [2.05, 4.69) is 23.7 Å². The van der Waals surface area contributed by atoms with Crippen LogP contribution in [0.2, 0.25) is 0 Å². The number of aromatic nitrogens is 1. The van der Waals surface area contributed by atoms with Gasteiger partial charge in [0.15, 0.2) is 0 Å². The first kappa shape index (κ1) is 20.0. The molecule has 150 valence electrons. The first-order valence-corrected chi connectivity index (χ1v) is 9.77. The molecule has 1 aromatic rings. The predicted molar refractivity (Wildman–Crippen MR) is 103 cm³/mol. The number of pyridine rings is 1. The van der Waals surface area contributed by atoms with Gasteiger partial charge in [-0.25, -0.2) is 0 Å². The molecular formula is C20H31N3O4. The van der Waals surface area contributed by atoms with Gasteiger partial charge in [-0.1, -0.05) is 0 Å². The van der Waals surface area contributed by atoms with Crippen molar-refractivity contribution in [2.45, 2.75) is 39.9 Å². The SMILES string of the molecule is Cc1cc(C(=O)N2CC(CO)C(CN3CC(C)OC(C)C3)C2)c(=O)[nH]c1C. The Labute approximate surface area is 160 Å². The van der Waals surface area contributed by atoms with Gasteiger partial charge in [0.25, 0.3) is 11.5 Å². The Balaban J connectivity index is 1.71. The Morgan fingerprint density at radius 1 is 1.19 bits per heavy atom. The number of aliphatic hydroxyl groups is 1. The number of H-pyrrole nitrogens is 1. The van der Waals surface area contributed by atoms with E-state index in [0.29, 0.717) is 13.1 Å². The number of rotatable bonds is 4. The van der Waals surface area contributed by atoms with Crippen molar-refractivity contribution in [1.29, 1.82) is 0 Å². The summed E-state index contributed by atoms with van der Waals surface area (Å²) in [6.07, 6.45) is 0.379. The highest BCUT2D eigenvalue weighted by Crippen LogP contribution is 2.26. The fraction of sp³-hybridized carbons (Fsp3) is 0.700. The van der Waals surface area contributed by atoms with Crippen LogP contribution in [0.1, 0.15) is 35.5 Å². The summed E-state index contributed by atoms with van der Waals surface area (Å²) >= 11 is 0. The molecule has 1 amide bonds. The van der Waals surface area contributed by atoms with Gasteiger partial charge in [-0.3, -0.25) is 14.5 Å². The Kier molecular flexibility index (Phi) is 6.03. The Bertz CT molecular complexity index is 737. The smallest absolute Gasteiger partial charge is 0.261 e. The minimum atomic E-state index is -0.345. The zero-order chi connectivity index (χ0) is 19.7. The van der Waals surface area contributed by atoms with Crippen LogP contribution in [-0.4, -0.2) is 77.3 Å². The molecule has 7 nitrogen and oxygen atoms in total. The predicted octanol–water partition coefficient (Wildman–Crippen LogP) is 0.781. The lowest BCUT2D eigenvalue weighted by Gasteiger charge is -2.37. The number of carbonyl (C=O) groups is 1. The Morgan fingerprint density at radius 3 is 2.44 bits per heavy atom. The summed E-state index contributed by atoms with van der Waals surface area (Å²) in [7, 11) is 0. The molecule has 4 atom stereocenters. The molecule has 1 aromatic heterocycles. The highest BCUT2D eigenvalue weighted by Gasteiger charge is 2.37. The van der Waals surface area contributed by atoms with Gasteiger partial charge in [0.05, 0.1) is 12.2 Å². The van der Waals surface area contributed by atoms with Crippen molar-refractivity contribution in [3.8, 4) is 0 Å². The number of morpholine rings is 1. The average Bonchev–Trinajstić information content (AvgIpc) is 2.99. The quantitative estimate of drug-likeness (QED) is 0.810. The van der Waals surface area contributed by atoms with Gasteiger partial charge in [0, 0.05) is 50.9 Å². The van der Waals surface area contributed by atoms with Crippen LogP contribution in [0, 0.1) is 25.7 Å². The second-order valence-electron chi connectivity index (χ2n) is 8.21. The molecule has 0 bridgehead atoms. The van der Waals surface area contributed by atoms with Gasteiger partial charge in [0.2, 0.25) is 0 Å². The number of ether oxygens (including phenoxy) is 1. The second-order valence-corrected chi connectivity index (χ2v) is 8.21. The molecule has 27 heavy (non-hydrogen) atoms. The van der Waals surface area contributed by atoms with Crippen molar-refractivity contribution in [3.63, 3.8) is 0 Å². The summed E-state index contributed by atoms with van der Waals surface area (Å²) in [5, 5.41) is 9.83. The van der Waals surface area contributed by atoms with Gasteiger partial charge in [-0.15, -0.1) is 0 Å². The average molecular weight is 377 g/mol. The van der Waals surface area contributed by atoms with E-state index in [1.165, 1.54) is 0 Å². The van der Waals surface area contributed by atoms with Crippen LogP contribution in [0.5, 0.6) is 0 Å². The number of hydrogen-bond acceptors (Lipinski definition) is 5. The van der Waals surface area contributed by atoms with E-state index in [9.17, 15) is 14.7 Å². The molecule has 7 heteroatoms. The summed E-state index contributed by atoms with van der Waals surface area (Å²) in [5.41, 5.74) is 1.51. The van der Waals surface area contributed by atoms with E-state index in [4.69, 9.17) is 4.74 Å². The third-order valence-corrected chi connectivity index (χ3v) is 5.81. The summed E-state index contributed by atoms with van der Waals surface area (Å²) in [6, 6.07) is 1.67. The van der Waals surface area contributed by atoms with Crippen LogP contribution in [0.25, 0.3) is 0 Å². The van der Waals surface area contributed by atoms with Crippen molar-refractivity contribution < 1.29 is 14.6 Å². The molecule has 3 heterocycles. The number of carbonyl (C=O) groups excluding carboxylic acids is 1. The number of aromatic amines is 1. The largest absolute Gasteiger partial charge is 0.396 e. The topological polar surface area (TPSA) is 85.9 Å². The summed E-state index contributed by atoms with van der Waals surface area (Å²) < 4.78 is 5.79. The van der Waals surface area contributed by atoms with Crippen molar-refractivity contribution in [2.24, 2.45) is 11.8 Å². The number of likely N-dealkylation sites (tertiary alicyclic amines) is 1. The molecule has 0 spiro atoms. The second kappa shape index (κ2) is 8.12. The molecule has 2 fully saturated rings. The molecule has 2 aliphatic rings. The number of aryl methyl sites for hydroxylation is 2. The van der Waals surface area contributed by atoms with Crippen LogP contribution in [-0.2, 0) is 4.74 Å². The normalized spacial score (nSPS) is 29.3. The molecule has 2 saturated heterocycles. The molecule has 0 saturated carbocycles. The zero-order valence-corrected chi connectivity index (χ0v) is 16.7. The maximum atomic E-state index is 12.9. The molecule has 2 aliphatic heterocycles. The number of nitrogens with zero attached hydrogens (tertiary/aromatic N) is 2. The van der Waals surface area contributed by atoms with E-state index in [1.54, 1.807) is 11.0 Å². The van der Waals surface area contributed by atoms with Gasteiger partial charge < -0.3 is 19.7 Å². The number of aliphatic hydroxyl groups excluding tert-OH is 1. The van der Waals surface area contributed by atoms with Gasteiger partial charge in [0.1, 0.15) is 5.56 Å². The molecule has 4 unspecified atom stereocenters. The van der Waals surface area contributed by atoms with Crippen molar-refractivity contribution in [3.05, 3.63) is 33.2 Å². The summed E-state index contributed by atoms with van der Waals surface area (Å²) in [5.74, 6) is -0.0147. The molecular weight excluding hydrogens is 346 g/mol. The monoisotopic (exact) mass is 377 g/mol. The van der Waals surface area contributed by atoms with Crippen LogP contribution in [0.15, 0.2) is 10.9 Å². The van der Waals surface area contributed by atoms with Gasteiger partial charge in [-0.05, 0) is 45.2 Å². The first-order chi connectivity index (χ1) is 12.8. The lowest BCUT2D eigenvalue weighted by atomic mass is 9.96. The summed E-state index contributed by atoms with van der Waals surface area (Å²) in [6.45, 7) is 11.5. The highest BCUT2D eigenvalue weighted by molar-refractivity contribution is 5.94. The third-order valence-electron chi connectivity index (χ3n) is 5.81. The third kappa shape index (κ3) is 4.42. The number of amides is 1. The lowest BCUT2D eigenvalue weighted by molar-refractivity contribution is -0.0726. The molecule has 0 radical (unpaired) electrons. The van der Waals surface area contributed by atoms with Gasteiger partial charge >= 0.3 is 0 Å². The van der Waals surface area contributed by atoms with Crippen LogP contribution in [0.3, 0.4) is 0 Å². The van der Waals surface area contributed by atoms with E-state index < -0.39 is 0 Å². The van der Waals surface area contributed by atoms with Crippen LogP contribution < -0.4 is 5.56 Å². The zero-order valence-electron chi connectivity index (χ0n) is 16.7. The van der Waals surface area contributed by atoms with E-state index in [-0.39, 0.29) is 47.7 Å². The standard InChI is InChI=1S/C20H31N3O4/c1-12-5-18(19(25)21-15(12)4)20(26)23-9-16(17(10-23)11-24)8-22-6-13(2)27-14(3)7-22/h5,13-14,16-17,24H,6-11H2,1-4H3,(H,21,25). The van der Waals surface area contributed by atoms with Gasteiger partial charge in [-0.2, -0.15) is 0 Å². The number of hydrogen-bond donors (Lipinski definition) is 2. The van der Waals surface area contributed by atoms with Crippen molar-refractivity contribution in [2.75, 3.05) is 39.3 Å². The maximum Gasteiger partial charge on any atom is 0.261 e. The first-order valence-electron chi connectivity index (χ1n) is 9.77. The highest BCUT2D eigenvalue weighted by atomic mass is 16.5. The maximum absolute atomic E-state index is 12.9. The van der Waals surface area contributed by atoms with Crippen LogP contribution >= 0.6 is 0 Å². The van der Waals surface area contributed by atoms with Crippen molar-refractivity contribution in [1.82, 2.24) is 14.8 Å². The fourth-order valence-corrected chi connectivity index (χ4v) is 4.34.